The molecular formula is C21H26N2O5. The second-order valence-electron chi connectivity index (χ2n) is 7.66. The monoisotopic (exact) mass is 386 g/mol. The molecule has 28 heavy (non-hydrogen) atoms. The van der Waals surface area contributed by atoms with Gasteiger partial charge in [0, 0.05) is 31.1 Å². The molecule has 1 spiro atoms. The van der Waals surface area contributed by atoms with Gasteiger partial charge in [-0.05, 0) is 44.7 Å². The molecule has 1 aromatic heterocycles. The maximum absolute atomic E-state index is 13.5. The van der Waals surface area contributed by atoms with E-state index in [9.17, 15) is 9.59 Å². The number of piperidine rings is 1. The standard InChI is InChI=1S/C21H26N2O5/c1-13-14-7-8-15(26-3)18(27-4)17(14)28-16(13)19(24)23-12-6-10-21(23)9-5-11-22(2)20(21)25/h7-8H,5-6,9-12H2,1-4H3. The summed E-state index contributed by atoms with van der Waals surface area (Å²) < 4.78 is 16.8. The van der Waals surface area contributed by atoms with E-state index in [1.54, 1.807) is 30.1 Å². The Balaban J connectivity index is 1.79. The summed E-state index contributed by atoms with van der Waals surface area (Å²) in [5.41, 5.74) is 0.500. The van der Waals surface area contributed by atoms with Crippen LogP contribution in [0, 0.1) is 6.92 Å². The van der Waals surface area contributed by atoms with E-state index in [-0.39, 0.29) is 17.6 Å². The number of furan rings is 1. The van der Waals surface area contributed by atoms with Crippen molar-refractivity contribution in [2.45, 2.75) is 38.1 Å². The number of aryl methyl sites for hydroxylation is 1. The van der Waals surface area contributed by atoms with Crippen molar-refractivity contribution in [2.75, 3.05) is 34.4 Å². The van der Waals surface area contributed by atoms with Crippen LogP contribution in [0.3, 0.4) is 0 Å². The van der Waals surface area contributed by atoms with Gasteiger partial charge in [-0.25, -0.2) is 0 Å². The van der Waals surface area contributed by atoms with E-state index in [0.717, 1.165) is 30.3 Å². The van der Waals surface area contributed by atoms with Crippen LogP contribution in [0.1, 0.15) is 41.8 Å². The number of ether oxygens (including phenoxy) is 2. The first-order chi connectivity index (χ1) is 13.4. The Morgan fingerprint density at radius 2 is 1.86 bits per heavy atom. The average molecular weight is 386 g/mol. The molecule has 0 bridgehead atoms. The van der Waals surface area contributed by atoms with Crippen molar-refractivity contribution in [3.63, 3.8) is 0 Å². The number of hydrogen-bond donors (Lipinski definition) is 0. The Bertz CT molecular complexity index is 950. The highest BCUT2D eigenvalue weighted by Gasteiger charge is 2.52. The van der Waals surface area contributed by atoms with Gasteiger partial charge >= 0.3 is 0 Å². The van der Waals surface area contributed by atoms with Crippen LogP contribution < -0.4 is 9.47 Å². The third kappa shape index (κ3) is 2.48. The number of amides is 2. The molecule has 0 saturated carbocycles. The Hall–Kier alpha value is -2.70. The molecule has 1 unspecified atom stereocenters. The summed E-state index contributed by atoms with van der Waals surface area (Å²) >= 11 is 0. The first-order valence-corrected chi connectivity index (χ1v) is 9.66. The number of carbonyl (C=O) groups excluding carboxylic acids is 2. The number of benzene rings is 1. The van der Waals surface area contributed by atoms with Crippen LogP contribution >= 0.6 is 0 Å². The van der Waals surface area contributed by atoms with Gasteiger partial charge in [-0.2, -0.15) is 0 Å². The van der Waals surface area contributed by atoms with Crippen molar-refractivity contribution >= 4 is 22.8 Å². The zero-order chi connectivity index (χ0) is 20.1. The van der Waals surface area contributed by atoms with Gasteiger partial charge in [-0.3, -0.25) is 9.59 Å². The van der Waals surface area contributed by atoms with Gasteiger partial charge < -0.3 is 23.7 Å². The lowest BCUT2D eigenvalue weighted by atomic mass is 9.85. The van der Waals surface area contributed by atoms with E-state index in [1.165, 1.54) is 0 Å². The average Bonchev–Trinajstić information content (AvgIpc) is 3.27. The highest BCUT2D eigenvalue weighted by molar-refractivity contribution is 6.03. The predicted molar refractivity (Wildman–Crippen MR) is 104 cm³/mol. The van der Waals surface area contributed by atoms with Crippen molar-refractivity contribution < 1.29 is 23.5 Å². The van der Waals surface area contributed by atoms with Crippen molar-refractivity contribution in [3.05, 3.63) is 23.5 Å². The Morgan fingerprint density at radius 1 is 1.14 bits per heavy atom. The van der Waals surface area contributed by atoms with E-state index in [4.69, 9.17) is 13.9 Å². The summed E-state index contributed by atoms with van der Waals surface area (Å²) in [5, 5.41) is 0.807. The van der Waals surface area contributed by atoms with Gasteiger partial charge in [-0.15, -0.1) is 0 Å². The molecule has 150 valence electrons. The molecular weight excluding hydrogens is 360 g/mol. The molecule has 7 heteroatoms. The fourth-order valence-corrected chi connectivity index (χ4v) is 4.75. The van der Waals surface area contributed by atoms with Crippen LogP contribution in [-0.2, 0) is 4.79 Å². The van der Waals surface area contributed by atoms with Crippen LogP contribution in [0.5, 0.6) is 11.5 Å². The molecule has 2 amide bonds. The molecule has 0 radical (unpaired) electrons. The Labute approximate surface area is 164 Å². The maximum Gasteiger partial charge on any atom is 0.290 e. The minimum absolute atomic E-state index is 0.0395. The quantitative estimate of drug-likeness (QED) is 0.811. The summed E-state index contributed by atoms with van der Waals surface area (Å²) in [6.07, 6.45) is 3.13. The lowest BCUT2D eigenvalue weighted by Gasteiger charge is -2.43. The Kier molecular flexibility index (Phi) is 4.48. The predicted octanol–water partition coefficient (Wildman–Crippen LogP) is 2.99. The minimum atomic E-state index is -0.739. The van der Waals surface area contributed by atoms with Crippen molar-refractivity contribution in [1.29, 1.82) is 0 Å². The van der Waals surface area contributed by atoms with E-state index < -0.39 is 5.54 Å². The second-order valence-corrected chi connectivity index (χ2v) is 7.66. The van der Waals surface area contributed by atoms with Crippen LogP contribution in [0.2, 0.25) is 0 Å². The highest BCUT2D eigenvalue weighted by Crippen LogP contribution is 2.42. The number of carbonyl (C=O) groups is 2. The fraction of sp³-hybridized carbons (Fsp3) is 0.524. The van der Waals surface area contributed by atoms with E-state index in [2.05, 4.69) is 0 Å². The smallest absolute Gasteiger partial charge is 0.290 e. The second kappa shape index (κ2) is 6.72. The zero-order valence-electron chi connectivity index (χ0n) is 16.8. The molecule has 2 saturated heterocycles. The molecule has 2 fully saturated rings. The number of likely N-dealkylation sites (tertiary alicyclic amines) is 2. The van der Waals surface area contributed by atoms with Crippen molar-refractivity contribution in [3.8, 4) is 11.5 Å². The van der Waals surface area contributed by atoms with Crippen LogP contribution in [0.15, 0.2) is 16.5 Å². The SMILES string of the molecule is COc1ccc2c(C)c(C(=O)N3CCCC34CCCN(C)C4=O)oc2c1OC. The summed E-state index contributed by atoms with van der Waals surface area (Å²) in [4.78, 5) is 30.0. The maximum atomic E-state index is 13.5. The molecule has 3 heterocycles. The molecule has 4 rings (SSSR count). The number of fused-ring (bicyclic) bond motifs is 1. The largest absolute Gasteiger partial charge is 0.493 e. The van der Waals surface area contributed by atoms with E-state index >= 15 is 0 Å². The van der Waals surface area contributed by atoms with Gasteiger partial charge in [-0.1, -0.05) is 0 Å². The van der Waals surface area contributed by atoms with Crippen LogP contribution in [-0.4, -0.2) is 61.5 Å². The summed E-state index contributed by atoms with van der Waals surface area (Å²) in [7, 11) is 4.92. The molecule has 2 aromatic rings. The molecule has 2 aliphatic heterocycles. The van der Waals surface area contributed by atoms with Crippen LogP contribution in [0.25, 0.3) is 11.0 Å². The highest BCUT2D eigenvalue weighted by atomic mass is 16.5. The lowest BCUT2D eigenvalue weighted by molar-refractivity contribution is -0.144. The normalized spacial score (nSPS) is 22.4. The van der Waals surface area contributed by atoms with Gasteiger partial charge in [0.05, 0.1) is 14.2 Å². The van der Waals surface area contributed by atoms with Crippen LogP contribution in [0.4, 0.5) is 0 Å². The van der Waals surface area contributed by atoms with Gasteiger partial charge in [0.15, 0.2) is 17.1 Å². The Morgan fingerprint density at radius 3 is 2.54 bits per heavy atom. The number of methoxy groups -OCH3 is 2. The molecule has 2 aliphatic rings. The van der Waals surface area contributed by atoms with E-state index in [0.29, 0.717) is 36.5 Å². The fourth-order valence-electron chi connectivity index (χ4n) is 4.75. The molecule has 0 N–H and O–H groups in total. The number of likely N-dealkylation sites (N-methyl/N-ethyl adjacent to an activating group) is 1. The summed E-state index contributed by atoms with van der Waals surface area (Å²) in [6.45, 7) is 3.17. The third-order valence-corrected chi connectivity index (χ3v) is 6.21. The zero-order valence-corrected chi connectivity index (χ0v) is 16.8. The topological polar surface area (TPSA) is 72.2 Å². The molecule has 1 atom stereocenters. The number of rotatable bonds is 3. The van der Waals surface area contributed by atoms with Gasteiger partial charge in [0.1, 0.15) is 5.54 Å². The minimum Gasteiger partial charge on any atom is -0.493 e. The third-order valence-electron chi connectivity index (χ3n) is 6.21. The number of hydrogen-bond acceptors (Lipinski definition) is 5. The van der Waals surface area contributed by atoms with Crippen molar-refractivity contribution in [2.24, 2.45) is 0 Å². The lowest BCUT2D eigenvalue weighted by Crippen LogP contribution is -2.60. The van der Waals surface area contributed by atoms with Gasteiger partial charge in [0.25, 0.3) is 5.91 Å². The molecule has 0 aliphatic carbocycles. The molecule has 7 nitrogen and oxygen atoms in total. The summed E-state index contributed by atoms with van der Waals surface area (Å²) in [5.74, 6) is 1.09. The van der Waals surface area contributed by atoms with E-state index in [1.807, 2.05) is 20.0 Å². The van der Waals surface area contributed by atoms with Gasteiger partial charge in [0.2, 0.25) is 11.7 Å². The first-order valence-electron chi connectivity index (χ1n) is 9.66. The first kappa shape index (κ1) is 18.7. The van der Waals surface area contributed by atoms with Crippen molar-refractivity contribution in [1.82, 2.24) is 9.80 Å². The summed E-state index contributed by atoms with van der Waals surface area (Å²) in [6, 6.07) is 3.67. The molecule has 1 aromatic carbocycles. The number of nitrogens with zero attached hydrogens (tertiary/aromatic N) is 2.